The molecule has 0 aromatic heterocycles. The molecule has 0 N–H and O–H groups in total. The molecule has 0 aliphatic rings. The first-order chi connectivity index (χ1) is 10.5. The Morgan fingerprint density at radius 1 is 1.00 bits per heavy atom. The number of ketones is 1. The van der Waals surface area contributed by atoms with Gasteiger partial charge in [-0.3, -0.25) is 8.98 Å². The third-order valence-electron chi connectivity index (χ3n) is 3.49. The van der Waals surface area contributed by atoms with Crippen LogP contribution in [0.25, 0.3) is 0 Å². The fourth-order valence-electron chi connectivity index (χ4n) is 2.09. The van der Waals surface area contributed by atoms with Crippen molar-refractivity contribution in [1.29, 1.82) is 0 Å². The first-order valence-electron chi connectivity index (χ1n) is 7.93. The number of rotatable bonds is 11. The lowest BCUT2D eigenvalue weighted by Crippen LogP contribution is -2.14. The monoisotopic (exact) mass is 326 g/mol. The highest BCUT2D eigenvalue weighted by atomic mass is 32.2. The first-order valence-corrected chi connectivity index (χ1v) is 9.34. The molecule has 5 heteroatoms. The third-order valence-corrected chi connectivity index (χ3v) is 4.77. The van der Waals surface area contributed by atoms with E-state index in [-0.39, 0.29) is 17.3 Å². The smallest absolute Gasteiger partial charge is 0.297 e. The zero-order valence-corrected chi connectivity index (χ0v) is 14.3. The van der Waals surface area contributed by atoms with Gasteiger partial charge in [-0.15, -0.1) is 0 Å². The van der Waals surface area contributed by atoms with Crippen LogP contribution in [0.4, 0.5) is 0 Å². The number of benzene rings is 1. The van der Waals surface area contributed by atoms with Gasteiger partial charge in [-0.25, -0.2) is 0 Å². The topological polar surface area (TPSA) is 60.4 Å². The number of carbonyl (C=O) groups excluding carboxylic acids is 1. The summed E-state index contributed by atoms with van der Waals surface area (Å²) in [7, 11) is -3.84. The second-order valence-corrected chi connectivity index (χ2v) is 7.20. The number of Topliss-reactive ketones (excluding diaryl/α,β-unsaturated/α-hetero) is 1. The lowest BCUT2D eigenvalue weighted by atomic mass is 10.1. The maximum Gasteiger partial charge on any atom is 0.297 e. The van der Waals surface area contributed by atoms with Crippen molar-refractivity contribution in [1.82, 2.24) is 0 Å². The van der Waals surface area contributed by atoms with Gasteiger partial charge in [0, 0.05) is 6.42 Å². The molecule has 0 bridgehead atoms. The molecule has 0 radical (unpaired) electrons. The molecule has 0 atom stereocenters. The van der Waals surface area contributed by atoms with Gasteiger partial charge >= 0.3 is 0 Å². The molecule has 0 aliphatic carbocycles. The summed E-state index contributed by atoms with van der Waals surface area (Å²) in [6, 6.07) is 6.38. The Morgan fingerprint density at radius 2 is 1.59 bits per heavy atom. The number of aryl methyl sites for hydroxylation is 1. The lowest BCUT2D eigenvalue weighted by molar-refractivity contribution is -0.121. The second-order valence-electron chi connectivity index (χ2n) is 5.59. The van der Waals surface area contributed by atoms with E-state index in [1.54, 1.807) is 12.1 Å². The molecule has 0 aliphatic heterocycles. The van der Waals surface area contributed by atoms with Crippen LogP contribution in [-0.4, -0.2) is 20.8 Å². The summed E-state index contributed by atoms with van der Waals surface area (Å²) in [6.07, 6.45) is 6.95. The fourth-order valence-corrected chi connectivity index (χ4v) is 2.98. The minimum atomic E-state index is -3.84. The van der Waals surface area contributed by atoms with Gasteiger partial charge in [-0.1, -0.05) is 56.7 Å². The molecule has 4 nitrogen and oxygen atoms in total. The molecule has 0 amide bonds. The molecule has 0 saturated carbocycles. The van der Waals surface area contributed by atoms with Crippen LogP contribution in [0.1, 0.15) is 57.4 Å². The SMILES string of the molecule is CCCCCCCCC(=O)COS(=O)(=O)c1ccc(C)cc1. The van der Waals surface area contributed by atoms with E-state index in [0.29, 0.717) is 6.42 Å². The predicted octanol–water partition coefficient (Wildman–Crippen LogP) is 4.02. The van der Waals surface area contributed by atoms with Crippen molar-refractivity contribution in [3.63, 3.8) is 0 Å². The van der Waals surface area contributed by atoms with Crippen LogP contribution in [0.3, 0.4) is 0 Å². The molecular formula is C17H26O4S. The Kier molecular flexibility index (Phi) is 8.35. The highest BCUT2D eigenvalue weighted by Gasteiger charge is 2.16. The number of unbranched alkanes of at least 4 members (excludes halogenated alkanes) is 5. The number of carbonyl (C=O) groups is 1. The molecule has 1 aromatic rings. The normalized spacial score (nSPS) is 11.5. The van der Waals surface area contributed by atoms with Crippen LogP contribution in [0, 0.1) is 6.92 Å². The predicted molar refractivity (Wildman–Crippen MR) is 87.3 cm³/mol. The molecule has 0 heterocycles. The fraction of sp³-hybridized carbons (Fsp3) is 0.588. The Morgan fingerprint density at radius 3 is 2.23 bits per heavy atom. The largest absolute Gasteiger partial charge is 0.297 e. The number of hydrogen-bond donors (Lipinski definition) is 0. The standard InChI is InChI=1S/C17H26O4S/c1-3-4-5-6-7-8-9-16(18)14-21-22(19,20)17-12-10-15(2)11-13-17/h10-13H,3-9,14H2,1-2H3. The van der Waals surface area contributed by atoms with Gasteiger partial charge in [0.1, 0.15) is 6.61 Å². The van der Waals surface area contributed by atoms with Crippen molar-refractivity contribution in [3.05, 3.63) is 29.8 Å². The molecule has 124 valence electrons. The molecule has 0 unspecified atom stereocenters. The summed E-state index contributed by atoms with van der Waals surface area (Å²) in [6.45, 7) is 3.67. The Hall–Kier alpha value is -1.20. The lowest BCUT2D eigenvalue weighted by Gasteiger charge is -2.05. The summed E-state index contributed by atoms with van der Waals surface area (Å²) in [5.74, 6) is -0.161. The third kappa shape index (κ3) is 7.18. The average molecular weight is 326 g/mol. The molecule has 0 fully saturated rings. The minimum Gasteiger partial charge on any atom is -0.297 e. The molecule has 1 rings (SSSR count). The summed E-state index contributed by atoms with van der Waals surface area (Å²) in [5.41, 5.74) is 0.970. The van der Waals surface area contributed by atoms with Crippen LogP contribution >= 0.6 is 0 Å². The zero-order valence-electron chi connectivity index (χ0n) is 13.5. The maximum absolute atomic E-state index is 11.9. The Bertz CT molecular complexity index is 547. The molecule has 0 saturated heterocycles. The van der Waals surface area contributed by atoms with Crippen molar-refractivity contribution in [3.8, 4) is 0 Å². The van der Waals surface area contributed by atoms with Gasteiger partial charge in [-0.05, 0) is 25.5 Å². The van der Waals surface area contributed by atoms with Gasteiger partial charge < -0.3 is 0 Å². The molecular weight excluding hydrogens is 300 g/mol. The summed E-state index contributed by atoms with van der Waals surface area (Å²) in [4.78, 5) is 11.8. The maximum atomic E-state index is 11.9. The minimum absolute atomic E-state index is 0.0884. The van der Waals surface area contributed by atoms with Crippen molar-refractivity contribution >= 4 is 15.9 Å². The highest BCUT2D eigenvalue weighted by molar-refractivity contribution is 7.86. The van der Waals surface area contributed by atoms with Crippen molar-refractivity contribution < 1.29 is 17.4 Å². The number of hydrogen-bond acceptors (Lipinski definition) is 4. The van der Waals surface area contributed by atoms with Gasteiger partial charge in [0.05, 0.1) is 4.90 Å². The van der Waals surface area contributed by atoms with E-state index in [0.717, 1.165) is 24.8 Å². The second kappa shape index (κ2) is 9.74. The molecule has 0 spiro atoms. The van der Waals surface area contributed by atoms with Crippen LogP contribution in [-0.2, 0) is 19.1 Å². The highest BCUT2D eigenvalue weighted by Crippen LogP contribution is 2.14. The van der Waals surface area contributed by atoms with E-state index in [1.807, 2.05) is 6.92 Å². The average Bonchev–Trinajstić information content (AvgIpc) is 2.49. The first kappa shape index (κ1) is 18.8. The van der Waals surface area contributed by atoms with Gasteiger partial charge in [-0.2, -0.15) is 8.42 Å². The van der Waals surface area contributed by atoms with Crippen LogP contribution in [0.5, 0.6) is 0 Å². The zero-order chi connectivity index (χ0) is 16.4. The van der Waals surface area contributed by atoms with Gasteiger partial charge in [0.25, 0.3) is 10.1 Å². The van der Waals surface area contributed by atoms with Gasteiger partial charge in [0.2, 0.25) is 0 Å². The van der Waals surface area contributed by atoms with Crippen LogP contribution in [0.15, 0.2) is 29.2 Å². The van der Waals surface area contributed by atoms with E-state index < -0.39 is 10.1 Å². The van der Waals surface area contributed by atoms with Crippen LogP contribution < -0.4 is 0 Å². The van der Waals surface area contributed by atoms with Gasteiger partial charge in [0.15, 0.2) is 5.78 Å². The van der Waals surface area contributed by atoms with Crippen LogP contribution in [0.2, 0.25) is 0 Å². The van der Waals surface area contributed by atoms with E-state index in [1.165, 1.54) is 31.4 Å². The Labute approximate surface area is 134 Å². The summed E-state index contributed by atoms with van der Waals surface area (Å²) < 4.78 is 28.7. The quantitative estimate of drug-likeness (QED) is 0.455. The van der Waals surface area contributed by atoms with E-state index >= 15 is 0 Å². The van der Waals surface area contributed by atoms with Crippen molar-refractivity contribution in [2.45, 2.75) is 63.7 Å². The van der Waals surface area contributed by atoms with Crippen molar-refractivity contribution in [2.75, 3.05) is 6.61 Å². The van der Waals surface area contributed by atoms with Crippen molar-refractivity contribution in [2.24, 2.45) is 0 Å². The summed E-state index contributed by atoms with van der Waals surface area (Å²) in [5, 5.41) is 0. The molecule has 1 aromatic carbocycles. The molecule has 22 heavy (non-hydrogen) atoms. The Balaban J connectivity index is 2.29. The van der Waals surface area contributed by atoms with E-state index in [4.69, 9.17) is 4.18 Å². The van der Waals surface area contributed by atoms with E-state index in [2.05, 4.69) is 6.92 Å². The summed E-state index contributed by atoms with van der Waals surface area (Å²) >= 11 is 0. The van der Waals surface area contributed by atoms with E-state index in [9.17, 15) is 13.2 Å².